The van der Waals surface area contributed by atoms with E-state index < -0.39 is 0 Å². The van der Waals surface area contributed by atoms with Crippen molar-refractivity contribution in [2.75, 3.05) is 11.4 Å². The van der Waals surface area contributed by atoms with Crippen molar-refractivity contribution in [1.29, 1.82) is 0 Å². The topological polar surface area (TPSA) is 45.6 Å². The zero-order chi connectivity index (χ0) is 24.5. The highest BCUT2D eigenvalue weighted by molar-refractivity contribution is 6.02. The molecule has 1 aliphatic carbocycles. The van der Waals surface area contributed by atoms with Gasteiger partial charge in [-0.15, -0.1) is 0 Å². The van der Waals surface area contributed by atoms with Gasteiger partial charge in [0.2, 0.25) is 11.8 Å². The Balaban J connectivity index is 1.35. The molecule has 0 saturated heterocycles. The van der Waals surface area contributed by atoms with Crippen LogP contribution in [0.15, 0.2) is 109 Å². The van der Waals surface area contributed by atoms with Crippen molar-refractivity contribution in [1.82, 2.24) is 9.47 Å². The first kappa shape index (κ1) is 22.1. The van der Waals surface area contributed by atoms with E-state index in [1.165, 1.54) is 0 Å². The predicted octanol–water partition coefficient (Wildman–Crippen LogP) is 5.62. The lowest BCUT2D eigenvalue weighted by Crippen LogP contribution is -2.47. The van der Waals surface area contributed by atoms with Crippen LogP contribution in [0.5, 0.6) is 0 Å². The third kappa shape index (κ3) is 4.13. The monoisotopic (exact) mass is 473 g/mol. The lowest BCUT2D eigenvalue weighted by molar-refractivity contribution is -0.132. The van der Waals surface area contributed by atoms with Gasteiger partial charge in [-0.3, -0.25) is 14.5 Å². The SMILES string of the molecule is O=C(/C=C/c1ccccc1)N(CC(=O)N1c2ccccc2-n2cccc2[C@H]1c1ccccc1)C1CC1. The van der Waals surface area contributed by atoms with Crippen molar-refractivity contribution < 1.29 is 9.59 Å². The van der Waals surface area contributed by atoms with Gasteiger partial charge >= 0.3 is 0 Å². The molecule has 0 radical (unpaired) electrons. The van der Waals surface area contributed by atoms with Crippen LogP contribution in [0.25, 0.3) is 11.8 Å². The van der Waals surface area contributed by atoms with Crippen LogP contribution >= 0.6 is 0 Å². The predicted molar refractivity (Wildman–Crippen MR) is 142 cm³/mol. The molecule has 36 heavy (non-hydrogen) atoms. The first-order chi connectivity index (χ1) is 17.7. The second-order valence-corrected chi connectivity index (χ2v) is 9.31. The van der Waals surface area contributed by atoms with Crippen LogP contribution < -0.4 is 4.90 Å². The Morgan fingerprint density at radius 1 is 0.806 bits per heavy atom. The van der Waals surface area contributed by atoms with Gasteiger partial charge in [-0.1, -0.05) is 72.8 Å². The minimum absolute atomic E-state index is 0.0427. The largest absolute Gasteiger partial charge is 0.327 e. The molecule has 2 aliphatic rings. The van der Waals surface area contributed by atoms with Gasteiger partial charge in [0.15, 0.2) is 0 Å². The van der Waals surface area contributed by atoms with Gasteiger partial charge in [-0.05, 0) is 54.3 Å². The summed E-state index contributed by atoms with van der Waals surface area (Å²) in [6.45, 7) is 0.0427. The summed E-state index contributed by atoms with van der Waals surface area (Å²) in [4.78, 5) is 30.9. The maximum atomic E-state index is 14.1. The highest BCUT2D eigenvalue weighted by atomic mass is 16.2. The number of para-hydroxylation sites is 2. The second kappa shape index (κ2) is 9.34. The third-order valence-corrected chi connectivity index (χ3v) is 6.90. The Kier molecular flexibility index (Phi) is 5.74. The first-order valence-electron chi connectivity index (χ1n) is 12.4. The fraction of sp³-hybridized carbons (Fsp3) is 0.161. The number of amides is 2. The highest BCUT2D eigenvalue weighted by Crippen LogP contribution is 2.42. The Morgan fingerprint density at radius 3 is 2.19 bits per heavy atom. The molecule has 2 heterocycles. The smallest absolute Gasteiger partial charge is 0.247 e. The number of benzene rings is 3. The van der Waals surface area contributed by atoms with E-state index in [0.29, 0.717) is 0 Å². The summed E-state index contributed by atoms with van der Waals surface area (Å²) in [5.74, 6) is -0.211. The molecule has 0 unspecified atom stereocenters. The van der Waals surface area contributed by atoms with E-state index in [-0.39, 0.29) is 30.4 Å². The lowest BCUT2D eigenvalue weighted by Gasteiger charge is -2.39. The molecular formula is C31H27N3O2. The van der Waals surface area contributed by atoms with Gasteiger partial charge in [0.05, 0.1) is 17.1 Å². The molecule has 1 aromatic heterocycles. The molecule has 0 N–H and O–H groups in total. The molecule has 3 aromatic carbocycles. The molecule has 1 fully saturated rings. The van der Waals surface area contributed by atoms with Crippen LogP contribution in [0.3, 0.4) is 0 Å². The van der Waals surface area contributed by atoms with Gasteiger partial charge in [-0.25, -0.2) is 0 Å². The number of aromatic nitrogens is 1. The summed E-state index contributed by atoms with van der Waals surface area (Å²) in [6.07, 6.45) is 7.31. The molecule has 5 heteroatoms. The summed E-state index contributed by atoms with van der Waals surface area (Å²) in [7, 11) is 0. The number of fused-ring (bicyclic) bond motifs is 3. The van der Waals surface area contributed by atoms with Crippen LogP contribution in [0, 0.1) is 0 Å². The van der Waals surface area contributed by atoms with E-state index in [1.54, 1.807) is 11.0 Å². The molecule has 4 aromatic rings. The van der Waals surface area contributed by atoms with Crippen LogP contribution in [0.1, 0.15) is 35.7 Å². The van der Waals surface area contributed by atoms with Crippen molar-refractivity contribution >= 4 is 23.6 Å². The summed E-state index contributed by atoms with van der Waals surface area (Å²) in [5.41, 5.74) is 4.84. The van der Waals surface area contributed by atoms with Gasteiger partial charge in [0, 0.05) is 18.3 Å². The summed E-state index contributed by atoms with van der Waals surface area (Å²) in [5, 5.41) is 0. The van der Waals surface area contributed by atoms with E-state index in [9.17, 15) is 9.59 Å². The Hall–Kier alpha value is -4.38. The Morgan fingerprint density at radius 2 is 1.47 bits per heavy atom. The van der Waals surface area contributed by atoms with E-state index in [1.807, 2.05) is 96.0 Å². The normalized spacial score (nSPS) is 16.4. The third-order valence-electron chi connectivity index (χ3n) is 6.90. The average Bonchev–Trinajstić information content (AvgIpc) is 3.65. The van der Waals surface area contributed by atoms with Crippen LogP contribution in [0.4, 0.5) is 5.69 Å². The number of hydrogen-bond donors (Lipinski definition) is 0. The van der Waals surface area contributed by atoms with E-state index in [0.717, 1.165) is 41.0 Å². The number of carbonyl (C=O) groups excluding carboxylic acids is 2. The molecule has 1 saturated carbocycles. The molecule has 5 nitrogen and oxygen atoms in total. The Labute approximate surface area is 210 Å². The fourth-order valence-electron chi connectivity index (χ4n) is 5.04. The minimum atomic E-state index is -0.278. The standard InChI is InChI=1S/C31H27N3O2/c35-29(20-17-23-10-3-1-4-11-23)33(25-18-19-25)22-30(36)34-27-15-8-7-14-26(27)32-21-9-16-28(32)31(34)24-12-5-2-6-13-24/h1-17,20-21,25,31H,18-19,22H2/b20-17+/t31-/m1/s1. The molecule has 1 atom stereocenters. The quantitative estimate of drug-likeness (QED) is 0.341. The Bertz CT molecular complexity index is 1420. The van der Waals surface area contributed by atoms with Crippen molar-refractivity contribution in [3.63, 3.8) is 0 Å². The van der Waals surface area contributed by atoms with E-state index in [4.69, 9.17) is 0 Å². The first-order valence-corrected chi connectivity index (χ1v) is 12.4. The number of anilines is 1. The number of hydrogen-bond acceptors (Lipinski definition) is 2. The van der Waals surface area contributed by atoms with Crippen LogP contribution in [-0.4, -0.2) is 33.9 Å². The highest BCUT2D eigenvalue weighted by Gasteiger charge is 2.39. The summed E-state index contributed by atoms with van der Waals surface area (Å²) < 4.78 is 2.16. The van der Waals surface area contributed by atoms with Crippen LogP contribution in [-0.2, 0) is 9.59 Å². The van der Waals surface area contributed by atoms with Crippen molar-refractivity contribution in [2.45, 2.75) is 24.9 Å². The zero-order valence-electron chi connectivity index (χ0n) is 19.9. The second-order valence-electron chi connectivity index (χ2n) is 9.31. The van der Waals surface area contributed by atoms with Crippen molar-refractivity contribution in [2.24, 2.45) is 0 Å². The molecule has 1 aliphatic heterocycles. The van der Waals surface area contributed by atoms with E-state index >= 15 is 0 Å². The van der Waals surface area contributed by atoms with Gasteiger partial charge in [0.25, 0.3) is 0 Å². The number of rotatable bonds is 6. The average molecular weight is 474 g/mol. The van der Waals surface area contributed by atoms with Gasteiger partial charge in [0.1, 0.15) is 12.6 Å². The molecule has 0 spiro atoms. The number of carbonyl (C=O) groups is 2. The maximum Gasteiger partial charge on any atom is 0.247 e. The summed E-state index contributed by atoms with van der Waals surface area (Å²) >= 11 is 0. The molecule has 0 bridgehead atoms. The fourth-order valence-corrected chi connectivity index (χ4v) is 5.04. The lowest BCUT2D eigenvalue weighted by atomic mass is 9.97. The molecule has 178 valence electrons. The molecule has 6 rings (SSSR count). The van der Waals surface area contributed by atoms with Gasteiger partial charge in [-0.2, -0.15) is 0 Å². The molecular weight excluding hydrogens is 446 g/mol. The minimum Gasteiger partial charge on any atom is -0.327 e. The van der Waals surface area contributed by atoms with Gasteiger partial charge < -0.3 is 9.47 Å². The van der Waals surface area contributed by atoms with Crippen molar-refractivity contribution in [3.05, 3.63) is 126 Å². The zero-order valence-corrected chi connectivity index (χ0v) is 19.9. The van der Waals surface area contributed by atoms with Crippen LogP contribution in [0.2, 0.25) is 0 Å². The number of nitrogens with zero attached hydrogens (tertiary/aromatic N) is 3. The summed E-state index contributed by atoms with van der Waals surface area (Å²) in [6, 6.07) is 31.8. The van der Waals surface area contributed by atoms with E-state index in [2.05, 4.69) is 22.8 Å². The van der Waals surface area contributed by atoms with Crippen molar-refractivity contribution in [3.8, 4) is 5.69 Å². The maximum absolute atomic E-state index is 14.1. The molecule has 2 amide bonds.